The predicted molar refractivity (Wildman–Crippen MR) is 118 cm³/mol. The van der Waals surface area contributed by atoms with E-state index in [0.717, 1.165) is 25.9 Å². The number of nitrogens with zero attached hydrogens (tertiary/aromatic N) is 1. The highest BCUT2D eigenvalue weighted by Crippen LogP contribution is 2.61. The lowest BCUT2D eigenvalue weighted by molar-refractivity contribution is 0.0240. The van der Waals surface area contributed by atoms with Crippen molar-refractivity contribution in [2.45, 2.75) is 44.0 Å². The van der Waals surface area contributed by atoms with Gasteiger partial charge in [0, 0.05) is 25.0 Å². The summed E-state index contributed by atoms with van der Waals surface area (Å²) in [7, 11) is 0. The maximum atomic E-state index is 12.5. The van der Waals surface area contributed by atoms with E-state index in [4.69, 9.17) is 4.74 Å². The fraction of sp³-hybridized carbons (Fsp3) is 0.296. The van der Waals surface area contributed by atoms with E-state index in [1.54, 1.807) is 0 Å². The number of hydrogen-bond donors (Lipinski definition) is 0. The fourth-order valence-corrected chi connectivity index (χ4v) is 5.09. The largest absolute Gasteiger partial charge is 0.459 e. The average Bonchev–Trinajstić information content (AvgIpc) is 3.37. The van der Waals surface area contributed by atoms with E-state index in [1.807, 2.05) is 30.3 Å². The van der Waals surface area contributed by atoms with Crippen LogP contribution in [-0.4, -0.2) is 22.5 Å². The number of rotatable bonds is 7. The van der Waals surface area contributed by atoms with Gasteiger partial charge in [0.25, 0.3) is 0 Å². The minimum atomic E-state index is -0.199. The van der Waals surface area contributed by atoms with Gasteiger partial charge in [0.15, 0.2) is 0 Å². The topological polar surface area (TPSA) is 29.5 Å². The minimum Gasteiger partial charge on any atom is -0.459 e. The number of carbonyl (C=O) groups is 1. The molecule has 0 N–H and O–H groups in total. The van der Waals surface area contributed by atoms with E-state index in [9.17, 15) is 4.79 Å². The molecule has 0 unspecified atom stereocenters. The second kappa shape index (κ2) is 8.08. The monoisotopic (exact) mass is 397 g/mol. The van der Waals surface area contributed by atoms with Gasteiger partial charge in [0.2, 0.25) is 0 Å². The van der Waals surface area contributed by atoms with Gasteiger partial charge >= 0.3 is 5.97 Å². The van der Waals surface area contributed by atoms with Gasteiger partial charge in [-0.25, -0.2) is 4.79 Å². The third-order valence-electron chi connectivity index (χ3n) is 6.67. The molecule has 0 spiro atoms. The molecule has 3 heteroatoms. The summed E-state index contributed by atoms with van der Waals surface area (Å²) < 4.78 is 5.91. The number of ether oxygens (including phenoxy) is 1. The van der Waals surface area contributed by atoms with Gasteiger partial charge in [0.05, 0.1) is 5.56 Å². The number of carbonyl (C=O) groups excluding carboxylic acids is 1. The van der Waals surface area contributed by atoms with E-state index in [-0.39, 0.29) is 17.6 Å². The molecule has 3 aromatic rings. The van der Waals surface area contributed by atoms with E-state index in [2.05, 4.69) is 65.6 Å². The lowest BCUT2D eigenvalue weighted by Crippen LogP contribution is -2.38. The van der Waals surface area contributed by atoms with Crippen LogP contribution in [0.5, 0.6) is 0 Å². The molecule has 152 valence electrons. The number of fused-ring (bicyclic) bond motifs is 1. The van der Waals surface area contributed by atoms with E-state index in [1.165, 1.54) is 17.5 Å². The molecule has 3 nitrogen and oxygen atoms in total. The second-order valence-corrected chi connectivity index (χ2v) is 8.67. The highest BCUT2D eigenvalue weighted by molar-refractivity contribution is 5.89. The molecule has 2 saturated carbocycles. The van der Waals surface area contributed by atoms with Crippen molar-refractivity contribution in [3.8, 4) is 0 Å². The normalized spacial score (nSPS) is 24.4. The smallest absolute Gasteiger partial charge is 0.338 e. The van der Waals surface area contributed by atoms with Crippen LogP contribution < -0.4 is 0 Å². The molecular weight excluding hydrogens is 370 g/mol. The Morgan fingerprint density at radius 3 is 1.90 bits per heavy atom. The molecule has 2 aliphatic carbocycles. The number of esters is 1. The van der Waals surface area contributed by atoms with Crippen molar-refractivity contribution in [2.75, 3.05) is 0 Å². The Labute approximate surface area is 178 Å². The summed E-state index contributed by atoms with van der Waals surface area (Å²) in [5.74, 6) is 0.410. The summed E-state index contributed by atoms with van der Waals surface area (Å²) in [5, 5.41) is 0. The summed E-state index contributed by atoms with van der Waals surface area (Å²) in [5.41, 5.74) is 3.45. The Morgan fingerprint density at radius 2 is 1.33 bits per heavy atom. The molecule has 0 amide bonds. The first-order chi connectivity index (χ1) is 14.7. The van der Waals surface area contributed by atoms with Crippen molar-refractivity contribution in [3.05, 3.63) is 108 Å². The van der Waals surface area contributed by atoms with Crippen LogP contribution >= 0.6 is 0 Å². The zero-order valence-electron chi connectivity index (χ0n) is 17.1. The van der Waals surface area contributed by atoms with Gasteiger partial charge in [-0.15, -0.1) is 0 Å². The summed E-state index contributed by atoms with van der Waals surface area (Å²) in [6.45, 7) is 1.84. The Balaban J connectivity index is 1.32. The maximum Gasteiger partial charge on any atom is 0.338 e. The Bertz CT molecular complexity index is 948. The van der Waals surface area contributed by atoms with Gasteiger partial charge in [-0.1, -0.05) is 78.9 Å². The maximum absolute atomic E-state index is 12.5. The van der Waals surface area contributed by atoms with Crippen LogP contribution in [0.4, 0.5) is 0 Å². The summed E-state index contributed by atoms with van der Waals surface area (Å²) in [6.07, 6.45) is 3.10. The lowest BCUT2D eigenvalue weighted by atomic mass is 10.1. The first-order valence-corrected chi connectivity index (χ1v) is 10.8. The molecule has 0 heterocycles. The molecule has 0 saturated heterocycles. The van der Waals surface area contributed by atoms with Crippen molar-refractivity contribution in [2.24, 2.45) is 5.92 Å². The summed E-state index contributed by atoms with van der Waals surface area (Å²) >= 11 is 0. The molecule has 5 rings (SSSR count). The SMILES string of the molecule is O=C(O[C@@H]1C[C@H]2C[C@@]2(N(Cc2ccccc2)Cc2ccccc2)C1)c1ccccc1. The summed E-state index contributed by atoms with van der Waals surface area (Å²) in [6, 6.07) is 30.7. The van der Waals surface area contributed by atoms with Crippen molar-refractivity contribution >= 4 is 5.97 Å². The van der Waals surface area contributed by atoms with Crippen LogP contribution in [0.25, 0.3) is 0 Å². The van der Waals surface area contributed by atoms with Crippen molar-refractivity contribution in [1.29, 1.82) is 0 Å². The standard InChI is InChI=1S/C27H27NO2/c29-26(23-14-8-3-9-15-23)30-25-16-24-17-27(24,18-25)28(19-21-10-4-1-5-11-21)20-22-12-6-2-7-13-22/h1-15,24-25H,16-20H2/t24-,25+,27+/m0/s1. The van der Waals surface area contributed by atoms with Crippen LogP contribution in [0.1, 0.15) is 40.7 Å². The summed E-state index contributed by atoms with van der Waals surface area (Å²) in [4.78, 5) is 15.2. The second-order valence-electron chi connectivity index (χ2n) is 8.67. The van der Waals surface area contributed by atoms with Crippen LogP contribution in [0.2, 0.25) is 0 Å². The van der Waals surface area contributed by atoms with Crippen molar-refractivity contribution in [3.63, 3.8) is 0 Å². The lowest BCUT2D eigenvalue weighted by Gasteiger charge is -2.32. The molecule has 0 radical (unpaired) electrons. The van der Waals surface area contributed by atoms with Crippen LogP contribution in [0.15, 0.2) is 91.0 Å². The van der Waals surface area contributed by atoms with Crippen LogP contribution in [0, 0.1) is 5.92 Å². The van der Waals surface area contributed by atoms with Gasteiger partial charge < -0.3 is 4.74 Å². The molecule has 3 atom stereocenters. The zero-order chi connectivity index (χ0) is 20.4. The van der Waals surface area contributed by atoms with Gasteiger partial charge in [-0.2, -0.15) is 0 Å². The third-order valence-corrected chi connectivity index (χ3v) is 6.67. The molecule has 0 aromatic heterocycles. The van der Waals surface area contributed by atoms with Gasteiger partial charge in [0.1, 0.15) is 6.10 Å². The Morgan fingerprint density at radius 1 is 0.800 bits per heavy atom. The van der Waals surface area contributed by atoms with E-state index < -0.39 is 0 Å². The minimum absolute atomic E-state index is 0.00510. The molecule has 3 aromatic carbocycles. The molecule has 30 heavy (non-hydrogen) atoms. The molecular formula is C27H27NO2. The van der Waals surface area contributed by atoms with Gasteiger partial charge in [-0.05, 0) is 42.0 Å². The molecule has 2 fully saturated rings. The van der Waals surface area contributed by atoms with Crippen molar-refractivity contribution in [1.82, 2.24) is 4.90 Å². The Kier molecular flexibility index (Phi) is 5.14. The first-order valence-electron chi connectivity index (χ1n) is 10.8. The van der Waals surface area contributed by atoms with E-state index >= 15 is 0 Å². The molecule has 0 bridgehead atoms. The predicted octanol–water partition coefficient (Wildman–Crippen LogP) is 5.47. The fourth-order valence-electron chi connectivity index (χ4n) is 5.09. The highest BCUT2D eigenvalue weighted by atomic mass is 16.5. The molecule has 0 aliphatic heterocycles. The van der Waals surface area contributed by atoms with Crippen LogP contribution in [0.3, 0.4) is 0 Å². The Hall–Kier alpha value is -2.91. The molecule has 2 aliphatic rings. The van der Waals surface area contributed by atoms with Gasteiger partial charge in [-0.3, -0.25) is 4.90 Å². The third kappa shape index (κ3) is 3.90. The number of hydrogen-bond acceptors (Lipinski definition) is 3. The zero-order valence-corrected chi connectivity index (χ0v) is 17.1. The quantitative estimate of drug-likeness (QED) is 0.495. The first kappa shape index (κ1) is 19.1. The van der Waals surface area contributed by atoms with Crippen LogP contribution in [-0.2, 0) is 17.8 Å². The van der Waals surface area contributed by atoms with E-state index in [0.29, 0.717) is 11.5 Å². The van der Waals surface area contributed by atoms with Crippen molar-refractivity contribution < 1.29 is 9.53 Å². The average molecular weight is 398 g/mol. The highest BCUT2D eigenvalue weighted by Gasteiger charge is 2.64. The number of benzene rings is 3.